The summed E-state index contributed by atoms with van der Waals surface area (Å²) in [7, 11) is 0. The number of nitrogen functional groups attached to an aromatic ring is 1. The largest absolute Gasteiger partial charge is 0.486 e. The average Bonchev–Trinajstić information content (AvgIpc) is 2.89. The van der Waals surface area contributed by atoms with E-state index in [1.165, 1.54) is 16.9 Å². The molecule has 2 rings (SSSR count). The highest BCUT2D eigenvalue weighted by atomic mass is 32.1. The Kier molecular flexibility index (Phi) is 4.36. The van der Waals surface area contributed by atoms with E-state index in [1.807, 2.05) is 19.9 Å². The molecular formula is C14H17N3O2S. The minimum atomic E-state index is -0.393. The number of aryl methyl sites for hydroxylation is 2. The molecule has 0 atom stereocenters. The van der Waals surface area contributed by atoms with Crippen LogP contribution in [0.4, 0.5) is 0 Å². The average molecular weight is 291 g/mol. The SMILES string of the molecule is Cc1cc(C)c(C)c(OCc2nc(C(=O)NN)cs2)c1. The molecule has 0 aliphatic carbocycles. The Balaban J connectivity index is 2.09. The van der Waals surface area contributed by atoms with E-state index < -0.39 is 5.91 Å². The zero-order valence-corrected chi connectivity index (χ0v) is 12.5. The summed E-state index contributed by atoms with van der Waals surface area (Å²) in [6.07, 6.45) is 0. The Labute approximate surface area is 121 Å². The summed E-state index contributed by atoms with van der Waals surface area (Å²) >= 11 is 1.37. The standard InChI is InChI=1S/C14H17N3O2S/c1-8-4-9(2)10(3)12(5-8)19-6-13-16-11(7-20-13)14(18)17-15/h4-5,7H,6,15H2,1-3H3,(H,17,18). The second kappa shape index (κ2) is 6.02. The first-order valence-corrected chi connectivity index (χ1v) is 7.05. The number of aromatic nitrogens is 1. The molecule has 20 heavy (non-hydrogen) atoms. The van der Waals surface area contributed by atoms with Gasteiger partial charge in [0.1, 0.15) is 23.1 Å². The molecule has 0 spiro atoms. The number of rotatable bonds is 4. The van der Waals surface area contributed by atoms with Crippen LogP contribution in [0.5, 0.6) is 5.75 Å². The number of carbonyl (C=O) groups excluding carboxylic acids is 1. The third-order valence-corrected chi connectivity index (χ3v) is 3.85. The Morgan fingerprint density at radius 1 is 1.40 bits per heavy atom. The molecule has 0 aliphatic rings. The van der Waals surface area contributed by atoms with E-state index >= 15 is 0 Å². The van der Waals surface area contributed by atoms with Gasteiger partial charge in [-0.05, 0) is 43.5 Å². The van der Waals surface area contributed by atoms with Gasteiger partial charge in [-0.25, -0.2) is 10.8 Å². The minimum Gasteiger partial charge on any atom is -0.486 e. The number of nitrogens with two attached hydrogens (primary N) is 1. The first kappa shape index (κ1) is 14.5. The molecule has 0 bridgehead atoms. The maximum Gasteiger partial charge on any atom is 0.284 e. The fourth-order valence-electron chi connectivity index (χ4n) is 1.85. The fraction of sp³-hybridized carbons (Fsp3) is 0.286. The lowest BCUT2D eigenvalue weighted by Crippen LogP contribution is -2.30. The summed E-state index contributed by atoms with van der Waals surface area (Å²) in [5.74, 6) is 5.52. The summed E-state index contributed by atoms with van der Waals surface area (Å²) in [5, 5.41) is 2.40. The second-order valence-electron chi connectivity index (χ2n) is 4.59. The van der Waals surface area contributed by atoms with E-state index in [-0.39, 0.29) is 0 Å². The molecule has 1 aromatic heterocycles. The van der Waals surface area contributed by atoms with Gasteiger partial charge in [0.05, 0.1) is 0 Å². The Hall–Kier alpha value is -1.92. The summed E-state index contributed by atoms with van der Waals surface area (Å²) in [4.78, 5) is 15.5. The summed E-state index contributed by atoms with van der Waals surface area (Å²) in [6, 6.07) is 4.12. The number of hydrogen-bond acceptors (Lipinski definition) is 5. The number of nitrogens with zero attached hydrogens (tertiary/aromatic N) is 1. The highest BCUT2D eigenvalue weighted by Gasteiger charge is 2.10. The number of ether oxygens (including phenoxy) is 1. The quantitative estimate of drug-likeness (QED) is 0.514. The van der Waals surface area contributed by atoms with Crippen molar-refractivity contribution in [2.45, 2.75) is 27.4 Å². The van der Waals surface area contributed by atoms with Gasteiger partial charge >= 0.3 is 0 Å². The molecule has 1 aromatic carbocycles. The van der Waals surface area contributed by atoms with Crippen LogP contribution in [-0.2, 0) is 6.61 Å². The van der Waals surface area contributed by atoms with Gasteiger partial charge in [-0.2, -0.15) is 0 Å². The molecule has 0 unspecified atom stereocenters. The topological polar surface area (TPSA) is 77.2 Å². The number of nitrogens with one attached hydrogen (secondary N) is 1. The van der Waals surface area contributed by atoms with Gasteiger partial charge in [0.15, 0.2) is 0 Å². The third-order valence-electron chi connectivity index (χ3n) is 3.03. The maximum absolute atomic E-state index is 11.3. The van der Waals surface area contributed by atoms with Crippen LogP contribution in [0.1, 0.15) is 32.2 Å². The van der Waals surface area contributed by atoms with Crippen LogP contribution < -0.4 is 16.0 Å². The summed E-state index contributed by atoms with van der Waals surface area (Å²) in [6.45, 7) is 6.46. The lowest BCUT2D eigenvalue weighted by atomic mass is 10.1. The molecule has 1 amide bonds. The van der Waals surface area contributed by atoms with E-state index in [9.17, 15) is 4.79 Å². The van der Waals surface area contributed by atoms with Crippen LogP contribution in [0.15, 0.2) is 17.5 Å². The number of carbonyl (C=O) groups is 1. The monoisotopic (exact) mass is 291 g/mol. The molecule has 106 valence electrons. The van der Waals surface area contributed by atoms with Crippen molar-refractivity contribution >= 4 is 17.2 Å². The van der Waals surface area contributed by atoms with Crippen LogP contribution in [0.2, 0.25) is 0 Å². The number of amides is 1. The zero-order valence-electron chi connectivity index (χ0n) is 11.7. The van der Waals surface area contributed by atoms with Crippen LogP contribution >= 0.6 is 11.3 Å². The van der Waals surface area contributed by atoms with Crippen LogP contribution in [0.25, 0.3) is 0 Å². The van der Waals surface area contributed by atoms with Crippen molar-refractivity contribution in [2.75, 3.05) is 0 Å². The van der Waals surface area contributed by atoms with Gasteiger partial charge in [-0.15, -0.1) is 11.3 Å². The molecule has 6 heteroatoms. The van der Waals surface area contributed by atoms with E-state index in [0.717, 1.165) is 21.9 Å². The Bertz CT molecular complexity index is 637. The van der Waals surface area contributed by atoms with Gasteiger partial charge in [-0.1, -0.05) is 6.07 Å². The predicted molar refractivity (Wildman–Crippen MR) is 78.8 cm³/mol. The van der Waals surface area contributed by atoms with Crippen molar-refractivity contribution in [2.24, 2.45) is 5.84 Å². The highest BCUT2D eigenvalue weighted by Crippen LogP contribution is 2.24. The van der Waals surface area contributed by atoms with Crippen molar-refractivity contribution in [3.05, 3.63) is 44.9 Å². The lowest BCUT2D eigenvalue weighted by Gasteiger charge is -2.11. The predicted octanol–water partition coefficient (Wildman–Crippen LogP) is 2.25. The van der Waals surface area contributed by atoms with Crippen LogP contribution in [0, 0.1) is 20.8 Å². The first-order chi connectivity index (χ1) is 9.51. The molecule has 2 aromatic rings. The number of benzene rings is 1. The Morgan fingerprint density at radius 3 is 2.85 bits per heavy atom. The lowest BCUT2D eigenvalue weighted by molar-refractivity contribution is 0.0949. The highest BCUT2D eigenvalue weighted by molar-refractivity contribution is 7.09. The van der Waals surface area contributed by atoms with E-state index in [1.54, 1.807) is 5.38 Å². The second-order valence-corrected chi connectivity index (χ2v) is 5.54. The van der Waals surface area contributed by atoms with Gasteiger partial charge in [0.25, 0.3) is 5.91 Å². The van der Waals surface area contributed by atoms with Crippen molar-refractivity contribution in [1.29, 1.82) is 0 Å². The third kappa shape index (κ3) is 3.15. The van der Waals surface area contributed by atoms with E-state index in [2.05, 4.69) is 23.4 Å². The van der Waals surface area contributed by atoms with Gasteiger partial charge in [0.2, 0.25) is 0 Å². The van der Waals surface area contributed by atoms with Crippen LogP contribution in [-0.4, -0.2) is 10.9 Å². The molecule has 0 fully saturated rings. The number of hydrogen-bond donors (Lipinski definition) is 2. The van der Waals surface area contributed by atoms with Gasteiger partial charge in [-0.3, -0.25) is 10.2 Å². The molecule has 1 heterocycles. The molecule has 5 nitrogen and oxygen atoms in total. The smallest absolute Gasteiger partial charge is 0.284 e. The van der Waals surface area contributed by atoms with Gasteiger partial charge in [0, 0.05) is 5.38 Å². The number of thiazole rings is 1. The number of hydrazine groups is 1. The molecule has 0 radical (unpaired) electrons. The zero-order chi connectivity index (χ0) is 14.7. The molecule has 0 saturated carbocycles. The molecule has 0 aliphatic heterocycles. The summed E-state index contributed by atoms with van der Waals surface area (Å²) < 4.78 is 5.80. The van der Waals surface area contributed by atoms with Crippen molar-refractivity contribution < 1.29 is 9.53 Å². The van der Waals surface area contributed by atoms with Crippen LogP contribution in [0.3, 0.4) is 0 Å². The normalized spacial score (nSPS) is 10.4. The van der Waals surface area contributed by atoms with E-state index in [4.69, 9.17) is 10.6 Å². The molecule has 3 N–H and O–H groups in total. The van der Waals surface area contributed by atoms with Crippen molar-refractivity contribution in [1.82, 2.24) is 10.4 Å². The molecular weight excluding hydrogens is 274 g/mol. The summed E-state index contributed by atoms with van der Waals surface area (Å²) in [5.41, 5.74) is 5.84. The van der Waals surface area contributed by atoms with Crippen molar-refractivity contribution in [3.8, 4) is 5.75 Å². The fourth-order valence-corrected chi connectivity index (χ4v) is 2.53. The maximum atomic E-state index is 11.3. The Morgan fingerprint density at radius 2 is 2.15 bits per heavy atom. The van der Waals surface area contributed by atoms with Gasteiger partial charge < -0.3 is 4.74 Å². The minimum absolute atomic E-state index is 0.313. The molecule has 0 saturated heterocycles. The van der Waals surface area contributed by atoms with E-state index in [0.29, 0.717) is 12.3 Å². The van der Waals surface area contributed by atoms with Crippen molar-refractivity contribution in [3.63, 3.8) is 0 Å². The first-order valence-electron chi connectivity index (χ1n) is 6.17.